The van der Waals surface area contributed by atoms with Gasteiger partial charge in [-0.1, -0.05) is 0 Å². The van der Waals surface area contributed by atoms with Crippen LogP contribution < -0.4 is 34.9 Å². The molecule has 10 nitrogen and oxygen atoms in total. The summed E-state index contributed by atoms with van der Waals surface area (Å²) in [5, 5.41) is 8.32. The van der Waals surface area contributed by atoms with E-state index in [9.17, 15) is 9.59 Å². The highest BCUT2D eigenvalue weighted by molar-refractivity contribution is 7.80. The molecule has 3 aromatic rings. The fourth-order valence-electron chi connectivity index (χ4n) is 3.33. The Kier molecular flexibility index (Phi) is 9.73. The third-order valence-electron chi connectivity index (χ3n) is 4.85. The van der Waals surface area contributed by atoms with Crippen molar-refractivity contribution in [3.05, 3.63) is 60.1 Å². The lowest BCUT2D eigenvalue weighted by molar-refractivity contribution is 0.0974. The summed E-state index contributed by atoms with van der Waals surface area (Å²) in [4.78, 5) is 25.3. The summed E-state index contributed by atoms with van der Waals surface area (Å²) in [7, 11) is 1.49. The van der Waals surface area contributed by atoms with Crippen molar-refractivity contribution in [3.8, 4) is 23.0 Å². The molecule has 0 saturated carbocycles. The van der Waals surface area contributed by atoms with Crippen LogP contribution in [0, 0.1) is 0 Å². The summed E-state index contributed by atoms with van der Waals surface area (Å²) in [6, 6.07) is 11.3. The zero-order valence-corrected chi connectivity index (χ0v) is 21.8. The molecule has 0 fully saturated rings. The number of furan rings is 1. The Bertz CT molecular complexity index is 1220. The molecule has 0 saturated heterocycles. The molecule has 196 valence electrons. The first-order valence-corrected chi connectivity index (χ1v) is 12.0. The first-order valence-electron chi connectivity index (χ1n) is 11.6. The number of rotatable bonds is 11. The van der Waals surface area contributed by atoms with Crippen LogP contribution in [0.4, 0.5) is 11.4 Å². The van der Waals surface area contributed by atoms with Crippen molar-refractivity contribution in [1.82, 2.24) is 5.32 Å². The van der Waals surface area contributed by atoms with Crippen molar-refractivity contribution in [2.24, 2.45) is 0 Å². The normalized spacial score (nSPS) is 10.3. The van der Waals surface area contributed by atoms with E-state index < -0.39 is 11.8 Å². The molecule has 0 bridgehead atoms. The minimum atomic E-state index is -0.483. The van der Waals surface area contributed by atoms with E-state index in [1.807, 2.05) is 20.8 Å². The molecule has 37 heavy (non-hydrogen) atoms. The number of nitrogens with one attached hydrogen (secondary N) is 3. The molecule has 11 heteroatoms. The van der Waals surface area contributed by atoms with Gasteiger partial charge in [0.25, 0.3) is 11.8 Å². The summed E-state index contributed by atoms with van der Waals surface area (Å²) in [6.45, 7) is 6.68. The van der Waals surface area contributed by atoms with Crippen LogP contribution >= 0.6 is 12.2 Å². The van der Waals surface area contributed by atoms with Crippen LogP contribution in [-0.2, 0) is 0 Å². The molecule has 0 radical (unpaired) electrons. The average molecular weight is 528 g/mol. The number of carbonyl (C=O) groups is 2. The Hall–Kier alpha value is -4.25. The lowest BCUT2D eigenvalue weighted by atomic mass is 10.1. The molecule has 2 amide bonds. The van der Waals surface area contributed by atoms with E-state index in [2.05, 4.69) is 16.0 Å². The number of methoxy groups -OCH3 is 1. The molecule has 0 spiro atoms. The molecule has 0 unspecified atom stereocenters. The van der Waals surface area contributed by atoms with Gasteiger partial charge < -0.3 is 34.0 Å². The van der Waals surface area contributed by atoms with Gasteiger partial charge in [0.15, 0.2) is 22.4 Å². The average Bonchev–Trinajstić information content (AvgIpc) is 3.41. The van der Waals surface area contributed by atoms with Gasteiger partial charge in [-0.25, -0.2) is 0 Å². The lowest BCUT2D eigenvalue weighted by Gasteiger charge is -2.18. The van der Waals surface area contributed by atoms with E-state index >= 15 is 0 Å². The van der Waals surface area contributed by atoms with Crippen LogP contribution in [0.1, 0.15) is 41.7 Å². The zero-order chi connectivity index (χ0) is 26.8. The molecular weight excluding hydrogens is 498 g/mol. The monoisotopic (exact) mass is 527 g/mol. The van der Waals surface area contributed by atoms with Crippen LogP contribution in [0.2, 0.25) is 0 Å². The molecule has 3 N–H and O–H groups in total. The van der Waals surface area contributed by atoms with Gasteiger partial charge in [0.05, 0.1) is 38.9 Å². The molecule has 1 heterocycles. The second-order valence-electron chi connectivity index (χ2n) is 7.36. The van der Waals surface area contributed by atoms with Crippen molar-refractivity contribution >= 4 is 40.5 Å². The number of thiocarbonyl (C=S) groups is 1. The van der Waals surface area contributed by atoms with Crippen LogP contribution in [0.5, 0.6) is 23.0 Å². The van der Waals surface area contributed by atoms with Crippen molar-refractivity contribution in [2.75, 3.05) is 37.6 Å². The number of benzene rings is 2. The second kappa shape index (κ2) is 13.2. The van der Waals surface area contributed by atoms with E-state index in [0.29, 0.717) is 54.2 Å². The predicted molar refractivity (Wildman–Crippen MR) is 143 cm³/mol. The number of hydrogen-bond donors (Lipinski definition) is 3. The topological polar surface area (TPSA) is 120 Å². The molecule has 0 atom stereocenters. The van der Waals surface area contributed by atoms with Crippen molar-refractivity contribution in [3.63, 3.8) is 0 Å². The Morgan fingerprint density at radius 2 is 1.54 bits per heavy atom. The third kappa shape index (κ3) is 7.14. The summed E-state index contributed by atoms with van der Waals surface area (Å²) < 4.78 is 27.5. The Morgan fingerprint density at radius 1 is 0.865 bits per heavy atom. The maximum atomic E-state index is 13.0. The highest BCUT2D eigenvalue weighted by Gasteiger charge is 2.19. The highest BCUT2D eigenvalue weighted by atomic mass is 32.1. The Labute approximate surface area is 220 Å². The van der Waals surface area contributed by atoms with Gasteiger partial charge >= 0.3 is 0 Å². The fourth-order valence-corrected chi connectivity index (χ4v) is 3.54. The highest BCUT2D eigenvalue weighted by Crippen LogP contribution is 2.39. The van der Waals surface area contributed by atoms with E-state index in [-0.39, 0.29) is 16.4 Å². The summed E-state index contributed by atoms with van der Waals surface area (Å²) >= 11 is 5.36. The summed E-state index contributed by atoms with van der Waals surface area (Å²) in [5.74, 6) is 0.933. The van der Waals surface area contributed by atoms with Crippen molar-refractivity contribution in [1.29, 1.82) is 0 Å². The van der Waals surface area contributed by atoms with Gasteiger partial charge in [0, 0.05) is 11.3 Å². The van der Waals surface area contributed by atoms with Crippen LogP contribution in [0.25, 0.3) is 0 Å². The molecular formula is C26H29N3O7S. The van der Waals surface area contributed by atoms with Crippen LogP contribution in [0.15, 0.2) is 53.1 Å². The van der Waals surface area contributed by atoms with Gasteiger partial charge in [-0.05, 0) is 75.5 Å². The van der Waals surface area contributed by atoms with E-state index in [1.54, 1.807) is 42.5 Å². The summed E-state index contributed by atoms with van der Waals surface area (Å²) in [6.07, 6.45) is 1.41. The zero-order valence-electron chi connectivity index (χ0n) is 21.0. The number of anilines is 2. The quantitative estimate of drug-likeness (QED) is 0.300. The summed E-state index contributed by atoms with van der Waals surface area (Å²) in [5.41, 5.74) is 1.17. The second-order valence-corrected chi connectivity index (χ2v) is 7.76. The Balaban J connectivity index is 1.77. The molecule has 3 rings (SSSR count). The number of hydrogen-bond acceptors (Lipinski definition) is 8. The molecule has 1 aromatic heterocycles. The SMILES string of the molecule is CCOc1cc(C(=O)NC(=S)Nc2cc(NC(=O)c3ccco3)ccc2OC)cc(OCC)c1OCC. The molecule has 0 aliphatic carbocycles. The standard InChI is InChI=1S/C26H29N3O7S/c1-5-33-21-13-16(14-22(34-6-2)23(21)35-7-3)24(30)29-26(37)28-18-15-17(10-11-19(18)32-4)27-25(31)20-9-8-12-36-20/h8-15H,5-7H2,1-4H3,(H,27,31)(H2,28,29,30,37). The largest absolute Gasteiger partial charge is 0.495 e. The maximum Gasteiger partial charge on any atom is 0.291 e. The van der Waals surface area contributed by atoms with E-state index in [4.69, 9.17) is 35.6 Å². The van der Waals surface area contributed by atoms with Gasteiger partial charge in [-0.3, -0.25) is 14.9 Å². The van der Waals surface area contributed by atoms with Crippen LogP contribution in [-0.4, -0.2) is 43.9 Å². The minimum Gasteiger partial charge on any atom is -0.495 e. The molecule has 2 aromatic carbocycles. The van der Waals surface area contributed by atoms with E-state index in [0.717, 1.165) is 0 Å². The lowest BCUT2D eigenvalue weighted by Crippen LogP contribution is -2.34. The minimum absolute atomic E-state index is 0.0163. The van der Waals surface area contributed by atoms with Gasteiger partial charge in [-0.2, -0.15) is 0 Å². The van der Waals surface area contributed by atoms with Gasteiger partial charge in [0.1, 0.15) is 5.75 Å². The first kappa shape index (κ1) is 27.3. The number of amides is 2. The van der Waals surface area contributed by atoms with Gasteiger partial charge in [-0.15, -0.1) is 0 Å². The fraction of sp³-hybridized carbons (Fsp3) is 0.269. The van der Waals surface area contributed by atoms with Crippen molar-refractivity contribution < 1.29 is 33.0 Å². The number of ether oxygens (including phenoxy) is 4. The first-order chi connectivity index (χ1) is 17.9. The number of carbonyl (C=O) groups excluding carboxylic acids is 2. The molecule has 0 aliphatic heterocycles. The van der Waals surface area contributed by atoms with Crippen LogP contribution in [0.3, 0.4) is 0 Å². The Morgan fingerprint density at radius 3 is 2.11 bits per heavy atom. The maximum absolute atomic E-state index is 13.0. The van der Waals surface area contributed by atoms with Crippen molar-refractivity contribution in [2.45, 2.75) is 20.8 Å². The smallest absolute Gasteiger partial charge is 0.291 e. The third-order valence-corrected chi connectivity index (χ3v) is 5.05. The van der Waals surface area contributed by atoms with Gasteiger partial charge in [0.2, 0.25) is 5.75 Å². The molecule has 0 aliphatic rings. The predicted octanol–water partition coefficient (Wildman–Crippen LogP) is 4.86. The van der Waals surface area contributed by atoms with E-state index in [1.165, 1.54) is 13.4 Å².